The summed E-state index contributed by atoms with van der Waals surface area (Å²) in [5, 5.41) is 15.2. The molecule has 0 aromatic rings. The number of carbonyl (C=O) groups excluding carboxylic acids is 1. The van der Waals surface area contributed by atoms with E-state index in [1.807, 2.05) is 6.92 Å². The largest absolute Gasteiger partial charge is 0.371 e. The molecular formula is C6H9N3O3. The molecule has 0 spiro atoms. The van der Waals surface area contributed by atoms with Crippen LogP contribution in [0, 0.1) is 10.1 Å². The molecule has 0 aliphatic carbocycles. The van der Waals surface area contributed by atoms with Crippen LogP contribution in [0.25, 0.3) is 0 Å². The van der Waals surface area contributed by atoms with Gasteiger partial charge in [-0.25, -0.2) is 0 Å². The van der Waals surface area contributed by atoms with E-state index in [4.69, 9.17) is 0 Å². The lowest BCUT2D eigenvalue weighted by Crippen LogP contribution is -2.48. The fraction of sp³-hybridized carbons (Fsp3) is 0.500. The van der Waals surface area contributed by atoms with Crippen LogP contribution in [0.5, 0.6) is 0 Å². The van der Waals surface area contributed by atoms with E-state index in [0.717, 1.165) is 0 Å². The van der Waals surface area contributed by atoms with Crippen LogP contribution in [-0.4, -0.2) is 23.4 Å². The SMILES string of the molecule is CC1CNC(=O)/C(=C/[N+](=O)[O-])N1. The van der Waals surface area contributed by atoms with Crippen molar-refractivity contribution >= 4 is 5.91 Å². The number of piperazine rings is 1. The zero-order valence-electron chi connectivity index (χ0n) is 6.53. The van der Waals surface area contributed by atoms with E-state index in [2.05, 4.69) is 10.6 Å². The highest BCUT2D eigenvalue weighted by Crippen LogP contribution is 1.98. The van der Waals surface area contributed by atoms with Gasteiger partial charge < -0.3 is 10.6 Å². The summed E-state index contributed by atoms with van der Waals surface area (Å²) in [6.07, 6.45) is 0.672. The Balaban J connectivity index is 2.73. The molecule has 1 unspecified atom stereocenters. The zero-order chi connectivity index (χ0) is 9.14. The fourth-order valence-electron chi connectivity index (χ4n) is 0.924. The molecule has 0 radical (unpaired) electrons. The number of hydrogen-bond donors (Lipinski definition) is 2. The highest BCUT2D eigenvalue weighted by molar-refractivity contribution is 5.93. The smallest absolute Gasteiger partial charge is 0.273 e. The maximum Gasteiger partial charge on any atom is 0.273 e. The average Bonchev–Trinajstić information content (AvgIpc) is 1.96. The Kier molecular flexibility index (Phi) is 2.27. The average molecular weight is 171 g/mol. The highest BCUT2D eigenvalue weighted by atomic mass is 16.6. The monoisotopic (exact) mass is 171 g/mol. The number of hydrogen-bond acceptors (Lipinski definition) is 4. The summed E-state index contributed by atoms with van der Waals surface area (Å²) in [5.41, 5.74) is 0.0127. The molecule has 2 N–H and O–H groups in total. The van der Waals surface area contributed by atoms with E-state index < -0.39 is 10.8 Å². The normalized spacial score (nSPS) is 26.2. The fourth-order valence-corrected chi connectivity index (χ4v) is 0.924. The second kappa shape index (κ2) is 3.21. The summed E-state index contributed by atoms with van der Waals surface area (Å²) < 4.78 is 0. The first-order valence-electron chi connectivity index (χ1n) is 3.49. The standard InChI is InChI=1S/C6H9N3O3/c1-4-2-7-6(10)5(8-4)3-9(11)12/h3-4,8H,2H2,1H3,(H,7,10)/b5-3-. The molecule has 1 aliphatic rings. The highest BCUT2D eigenvalue weighted by Gasteiger charge is 2.21. The Morgan fingerprint density at radius 3 is 3.00 bits per heavy atom. The molecule has 12 heavy (non-hydrogen) atoms. The molecule has 1 amide bonds. The van der Waals surface area contributed by atoms with Crippen LogP contribution in [0.4, 0.5) is 0 Å². The summed E-state index contributed by atoms with van der Waals surface area (Å²) in [6, 6.07) is 0.0360. The van der Waals surface area contributed by atoms with Crippen molar-refractivity contribution in [1.29, 1.82) is 0 Å². The molecule has 6 nitrogen and oxygen atoms in total. The van der Waals surface area contributed by atoms with Crippen LogP contribution < -0.4 is 10.6 Å². The topological polar surface area (TPSA) is 84.3 Å². The van der Waals surface area contributed by atoms with Crippen LogP contribution in [0.15, 0.2) is 11.9 Å². The lowest BCUT2D eigenvalue weighted by Gasteiger charge is -2.21. The van der Waals surface area contributed by atoms with Gasteiger partial charge in [-0.2, -0.15) is 0 Å². The van der Waals surface area contributed by atoms with Crippen LogP contribution in [0.3, 0.4) is 0 Å². The van der Waals surface area contributed by atoms with Crippen LogP contribution in [0.1, 0.15) is 6.92 Å². The number of amides is 1. The molecule has 0 saturated carbocycles. The van der Waals surface area contributed by atoms with Gasteiger partial charge in [0.05, 0.1) is 4.92 Å². The minimum atomic E-state index is -0.653. The third kappa shape index (κ3) is 1.94. The summed E-state index contributed by atoms with van der Waals surface area (Å²) >= 11 is 0. The van der Waals surface area contributed by atoms with Gasteiger partial charge in [0.1, 0.15) is 0 Å². The third-order valence-electron chi connectivity index (χ3n) is 1.45. The molecule has 0 aromatic carbocycles. The van der Waals surface area contributed by atoms with Crippen molar-refractivity contribution in [1.82, 2.24) is 10.6 Å². The summed E-state index contributed by atoms with van der Waals surface area (Å²) in [6.45, 7) is 2.32. The Morgan fingerprint density at radius 1 is 1.75 bits per heavy atom. The summed E-state index contributed by atoms with van der Waals surface area (Å²) in [5.74, 6) is -0.426. The van der Waals surface area contributed by atoms with Gasteiger partial charge in [0, 0.05) is 12.6 Å². The molecule has 0 bridgehead atoms. The molecule has 1 saturated heterocycles. The van der Waals surface area contributed by atoms with Gasteiger partial charge in [0.15, 0.2) is 5.70 Å². The molecule has 1 heterocycles. The molecule has 0 aromatic heterocycles. The van der Waals surface area contributed by atoms with Gasteiger partial charge in [-0.05, 0) is 6.92 Å². The van der Waals surface area contributed by atoms with Crippen molar-refractivity contribution in [2.45, 2.75) is 13.0 Å². The van der Waals surface area contributed by atoms with E-state index in [-0.39, 0.29) is 11.7 Å². The van der Waals surface area contributed by atoms with Gasteiger partial charge in [-0.15, -0.1) is 0 Å². The van der Waals surface area contributed by atoms with E-state index in [9.17, 15) is 14.9 Å². The van der Waals surface area contributed by atoms with E-state index in [1.54, 1.807) is 0 Å². The van der Waals surface area contributed by atoms with Crippen molar-refractivity contribution in [3.8, 4) is 0 Å². The van der Waals surface area contributed by atoms with Crippen molar-refractivity contribution in [3.05, 3.63) is 22.0 Å². The molecule has 1 atom stereocenters. The quantitative estimate of drug-likeness (QED) is 0.307. The minimum absolute atomic E-state index is 0.0127. The Hall–Kier alpha value is -1.59. The first-order valence-corrected chi connectivity index (χ1v) is 3.49. The lowest BCUT2D eigenvalue weighted by molar-refractivity contribution is -0.403. The molecule has 1 aliphatic heterocycles. The van der Waals surface area contributed by atoms with Gasteiger partial charge in [-0.1, -0.05) is 0 Å². The first kappa shape index (κ1) is 8.51. The zero-order valence-corrected chi connectivity index (χ0v) is 6.53. The molecule has 1 fully saturated rings. The van der Waals surface area contributed by atoms with Crippen LogP contribution in [0.2, 0.25) is 0 Å². The maximum absolute atomic E-state index is 10.9. The predicted molar refractivity (Wildman–Crippen MR) is 40.7 cm³/mol. The number of nitro groups is 1. The minimum Gasteiger partial charge on any atom is -0.371 e. The summed E-state index contributed by atoms with van der Waals surface area (Å²) in [7, 11) is 0. The third-order valence-corrected chi connectivity index (χ3v) is 1.45. The molecular weight excluding hydrogens is 162 g/mol. The lowest BCUT2D eigenvalue weighted by atomic mass is 10.2. The van der Waals surface area contributed by atoms with Crippen LogP contribution >= 0.6 is 0 Å². The van der Waals surface area contributed by atoms with Gasteiger partial charge in [0.2, 0.25) is 0 Å². The first-order chi connectivity index (χ1) is 5.59. The number of rotatable bonds is 1. The Morgan fingerprint density at radius 2 is 2.42 bits per heavy atom. The van der Waals surface area contributed by atoms with Crippen molar-refractivity contribution < 1.29 is 9.72 Å². The second-order valence-corrected chi connectivity index (χ2v) is 2.58. The van der Waals surface area contributed by atoms with Gasteiger partial charge >= 0.3 is 0 Å². The van der Waals surface area contributed by atoms with Crippen LogP contribution in [-0.2, 0) is 4.79 Å². The molecule has 66 valence electrons. The van der Waals surface area contributed by atoms with Crippen molar-refractivity contribution in [3.63, 3.8) is 0 Å². The van der Waals surface area contributed by atoms with E-state index >= 15 is 0 Å². The van der Waals surface area contributed by atoms with E-state index in [0.29, 0.717) is 12.7 Å². The van der Waals surface area contributed by atoms with Gasteiger partial charge in [-0.3, -0.25) is 14.9 Å². The predicted octanol–water partition coefficient (Wildman–Crippen LogP) is -0.788. The number of nitrogens with zero attached hydrogens (tertiary/aromatic N) is 1. The van der Waals surface area contributed by atoms with Crippen molar-refractivity contribution in [2.24, 2.45) is 0 Å². The maximum atomic E-state index is 10.9. The molecule has 6 heteroatoms. The Bertz CT molecular complexity index is 248. The van der Waals surface area contributed by atoms with Crippen molar-refractivity contribution in [2.75, 3.05) is 6.54 Å². The number of nitrogens with one attached hydrogen (secondary N) is 2. The summed E-state index contributed by atoms with van der Waals surface area (Å²) in [4.78, 5) is 20.3. The molecule has 1 rings (SSSR count). The Labute approximate surface area is 68.8 Å². The van der Waals surface area contributed by atoms with E-state index in [1.165, 1.54) is 0 Å². The van der Waals surface area contributed by atoms with Gasteiger partial charge in [0.25, 0.3) is 12.1 Å². The number of carbonyl (C=O) groups is 1. The second-order valence-electron chi connectivity index (χ2n) is 2.58.